The summed E-state index contributed by atoms with van der Waals surface area (Å²) in [6.45, 7) is 7.13. The average molecular weight is 381 g/mol. The Kier molecular flexibility index (Phi) is 7.34. The second-order valence-electron chi connectivity index (χ2n) is 5.50. The summed E-state index contributed by atoms with van der Waals surface area (Å²) in [5.74, 6) is -2.45. The molecule has 0 aliphatic carbocycles. The van der Waals surface area contributed by atoms with Gasteiger partial charge in [-0.2, -0.15) is 0 Å². The maximum atomic E-state index is 11.0. The topological polar surface area (TPSA) is 71.4 Å². The van der Waals surface area contributed by atoms with Gasteiger partial charge in [-0.25, -0.2) is 4.79 Å². The molecular weight excluding hydrogens is 363 g/mol. The van der Waals surface area contributed by atoms with Crippen LogP contribution in [-0.2, 0) is 4.79 Å². The fourth-order valence-corrected chi connectivity index (χ4v) is 2.55. The summed E-state index contributed by atoms with van der Waals surface area (Å²) in [6, 6.07) is 8.38. The molecule has 0 atom stereocenters. The fourth-order valence-electron chi connectivity index (χ4n) is 1.99. The number of carboxylic acids is 1. The first-order valence-electron chi connectivity index (χ1n) is 7.37. The highest BCUT2D eigenvalue weighted by Gasteiger charge is 2.18. The lowest BCUT2D eigenvalue weighted by molar-refractivity contribution is -0.131. The van der Waals surface area contributed by atoms with Gasteiger partial charge in [0.25, 0.3) is 5.78 Å². The van der Waals surface area contributed by atoms with Crippen LogP contribution in [0.5, 0.6) is 0 Å². The van der Waals surface area contributed by atoms with E-state index in [1.54, 1.807) is 25.1 Å². The number of halogens is 2. The summed E-state index contributed by atoms with van der Waals surface area (Å²) in [5, 5.41) is 9.23. The largest absolute Gasteiger partial charge is 0.475 e. The second-order valence-corrected chi connectivity index (χ2v) is 6.25. The zero-order valence-corrected chi connectivity index (χ0v) is 15.8. The number of benzene rings is 2. The molecule has 0 amide bonds. The van der Waals surface area contributed by atoms with E-state index in [1.165, 1.54) is 13.0 Å². The minimum atomic E-state index is -1.49. The summed E-state index contributed by atoms with van der Waals surface area (Å²) >= 11 is 11.7. The van der Waals surface area contributed by atoms with E-state index in [0.29, 0.717) is 16.1 Å². The quantitative estimate of drug-likeness (QED) is 0.595. The molecule has 1 N–H and O–H groups in total. The lowest BCUT2D eigenvalue weighted by atomic mass is 10.0. The van der Waals surface area contributed by atoms with E-state index in [2.05, 4.69) is 0 Å². The van der Waals surface area contributed by atoms with Gasteiger partial charge < -0.3 is 5.11 Å². The van der Waals surface area contributed by atoms with Crippen LogP contribution in [0.15, 0.2) is 30.3 Å². The fraction of sp³-hybridized carbons (Fsp3) is 0.211. The van der Waals surface area contributed by atoms with Crippen LogP contribution >= 0.6 is 23.2 Å². The van der Waals surface area contributed by atoms with E-state index in [4.69, 9.17) is 28.3 Å². The van der Waals surface area contributed by atoms with E-state index in [-0.39, 0.29) is 16.4 Å². The lowest BCUT2D eigenvalue weighted by Gasteiger charge is -2.05. The van der Waals surface area contributed by atoms with Crippen LogP contribution in [0.25, 0.3) is 0 Å². The van der Waals surface area contributed by atoms with Crippen molar-refractivity contribution < 1.29 is 19.5 Å². The zero-order valence-electron chi connectivity index (χ0n) is 14.3. The van der Waals surface area contributed by atoms with E-state index >= 15 is 0 Å². The minimum Gasteiger partial charge on any atom is -0.475 e. The van der Waals surface area contributed by atoms with Crippen molar-refractivity contribution in [3.8, 4) is 0 Å². The highest BCUT2D eigenvalue weighted by Crippen LogP contribution is 2.23. The predicted octanol–water partition coefficient (Wildman–Crippen LogP) is 5.08. The first kappa shape index (κ1) is 20.9. The number of Topliss-reactive ketones (excluding diaryl/α,β-unsaturated/α-hetero) is 2. The van der Waals surface area contributed by atoms with Crippen LogP contribution in [-0.4, -0.2) is 22.6 Å². The number of carbonyl (C=O) groups excluding carboxylic acids is 2. The van der Waals surface area contributed by atoms with Crippen molar-refractivity contribution in [3.63, 3.8) is 0 Å². The Bertz CT molecular complexity index is 842. The van der Waals surface area contributed by atoms with Crippen LogP contribution in [0, 0.1) is 20.8 Å². The van der Waals surface area contributed by atoms with Gasteiger partial charge in [-0.1, -0.05) is 41.4 Å². The lowest BCUT2D eigenvalue weighted by Crippen LogP contribution is -2.13. The van der Waals surface area contributed by atoms with E-state index in [1.807, 2.05) is 19.9 Å². The maximum Gasteiger partial charge on any atom is 0.377 e. The van der Waals surface area contributed by atoms with Crippen molar-refractivity contribution >= 4 is 40.7 Å². The van der Waals surface area contributed by atoms with E-state index in [0.717, 1.165) is 11.1 Å². The summed E-state index contributed by atoms with van der Waals surface area (Å²) in [5.41, 5.74) is 3.44. The van der Waals surface area contributed by atoms with Crippen LogP contribution in [0.2, 0.25) is 10.0 Å². The molecular formula is C19H18Cl2O4. The Morgan fingerprint density at radius 1 is 0.840 bits per heavy atom. The Morgan fingerprint density at radius 3 is 1.96 bits per heavy atom. The highest BCUT2D eigenvalue weighted by atomic mass is 35.5. The molecule has 0 saturated heterocycles. The highest BCUT2D eigenvalue weighted by molar-refractivity contribution is 6.45. The minimum absolute atomic E-state index is 0.0168. The van der Waals surface area contributed by atoms with Crippen LogP contribution < -0.4 is 0 Å². The zero-order chi connectivity index (χ0) is 19.3. The number of carboxylic acid groups (broad SMARTS) is 1. The van der Waals surface area contributed by atoms with Crippen molar-refractivity contribution in [2.45, 2.75) is 27.7 Å². The Balaban J connectivity index is 0.000000251. The molecule has 0 aliphatic heterocycles. The third-order valence-corrected chi connectivity index (χ3v) is 4.66. The molecule has 4 nitrogen and oxygen atoms in total. The van der Waals surface area contributed by atoms with Gasteiger partial charge in [-0.15, -0.1) is 0 Å². The van der Waals surface area contributed by atoms with Crippen LogP contribution in [0.4, 0.5) is 0 Å². The first-order chi connectivity index (χ1) is 11.6. The number of carbonyl (C=O) groups is 3. The number of aryl methyl sites for hydroxylation is 2. The number of hydrogen-bond acceptors (Lipinski definition) is 3. The summed E-state index contributed by atoms with van der Waals surface area (Å²) in [6.07, 6.45) is 0. The monoisotopic (exact) mass is 380 g/mol. The maximum absolute atomic E-state index is 11.0. The van der Waals surface area contributed by atoms with Gasteiger partial charge in [-0.05, 0) is 56.5 Å². The normalized spacial score (nSPS) is 9.84. The van der Waals surface area contributed by atoms with Crippen molar-refractivity contribution in [3.05, 3.63) is 68.2 Å². The summed E-state index contributed by atoms with van der Waals surface area (Å²) in [4.78, 5) is 32.4. The predicted molar refractivity (Wildman–Crippen MR) is 99.1 cm³/mol. The number of hydrogen-bond donors (Lipinski definition) is 1. The molecule has 0 radical (unpaired) electrons. The Labute approximate surface area is 156 Å². The average Bonchev–Trinajstić information content (AvgIpc) is 2.55. The molecule has 0 fully saturated rings. The van der Waals surface area contributed by atoms with Gasteiger partial charge in [0.2, 0.25) is 0 Å². The number of rotatable bonds is 3. The number of ketones is 2. The van der Waals surface area contributed by atoms with Gasteiger partial charge in [0.1, 0.15) is 0 Å². The van der Waals surface area contributed by atoms with Crippen molar-refractivity contribution in [1.29, 1.82) is 0 Å². The van der Waals surface area contributed by atoms with Gasteiger partial charge in [0.15, 0.2) is 5.78 Å². The number of aliphatic carboxylic acids is 1. The molecule has 132 valence electrons. The molecule has 6 heteroatoms. The molecule has 2 aromatic carbocycles. The SMILES string of the molecule is CC(=O)c1ccc(C)c(C)c1Cl.Cc1cccc(C(=O)C(=O)O)c1Cl. The molecule has 0 bridgehead atoms. The molecule has 2 rings (SSSR count). The third kappa shape index (κ3) is 5.15. The van der Waals surface area contributed by atoms with Gasteiger partial charge in [0, 0.05) is 11.1 Å². The third-order valence-electron chi connectivity index (χ3n) is 3.67. The van der Waals surface area contributed by atoms with Gasteiger partial charge in [-0.3, -0.25) is 9.59 Å². The first-order valence-corrected chi connectivity index (χ1v) is 8.12. The molecule has 0 saturated carbocycles. The molecule has 0 unspecified atom stereocenters. The van der Waals surface area contributed by atoms with E-state index < -0.39 is 11.8 Å². The summed E-state index contributed by atoms with van der Waals surface area (Å²) < 4.78 is 0. The van der Waals surface area contributed by atoms with Crippen molar-refractivity contribution in [1.82, 2.24) is 0 Å². The molecule has 25 heavy (non-hydrogen) atoms. The van der Waals surface area contributed by atoms with Crippen molar-refractivity contribution in [2.75, 3.05) is 0 Å². The smallest absolute Gasteiger partial charge is 0.377 e. The molecule has 2 aromatic rings. The Hall–Kier alpha value is -2.17. The van der Waals surface area contributed by atoms with E-state index in [9.17, 15) is 14.4 Å². The summed E-state index contributed by atoms with van der Waals surface area (Å²) in [7, 11) is 0. The standard InChI is InChI=1S/C10H11ClO.C9H7ClO3/c1-6-4-5-9(8(3)12)10(11)7(6)2;1-5-3-2-4-6(7(5)10)8(11)9(12)13/h4-5H,1-3H3;2-4H,1H3,(H,12,13). The molecule has 0 heterocycles. The Morgan fingerprint density at radius 2 is 1.44 bits per heavy atom. The van der Waals surface area contributed by atoms with Gasteiger partial charge in [0.05, 0.1) is 10.0 Å². The van der Waals surface area contributed by atoms with Crippen LogP contribution in [0.1, 0.15) is 44.3 Å². The van der Waals surface area contributed by atoms with Crippen molar-refractivity contribution in [2.24, 2.45) is 0 Å². The van der Waals surface area contributed by atoms with Gasteiger partial charge >= 0.3 is 5.97 Å². The second kappa shape index (κ2) is 8.79. The molecule has 0 aromatic heterocycles. The molecule has 0 spiro atoms. The van der Waals surface area contributed by atoms with Crippen LogP contribution in [0.3, 0.4) is 0 Å². The molecule has 0 aliphatic rings.